The van der Waals surface area contributed by atoms with Crippen molar-refractivity contribution in [2.24, 2.45) is 0 Å². The van der Waals surface area contributed by atoms with Crippen molar-refractivity contribution in [2.75, 3.05) is 38.3 Å². The van der Waals surface area contributed by atoms with E-state index in [1.807, 2.05) is 0 Å². The summed E-state index contributed by atoms with van der Waals surface area (Å²) in [4.78, 5) is 16.0. The maximum atomic E-state index is 5.64. The van der Waals surface area contributed by atoms with Gasteiger partial charge in [-0.1, -0.05) is 0 Å². The summed E-state index contributed by atoms with van der Waals surface area (Å²) in [5.41, 5.74) is 2.68. The van der Waals surface area contributed by atoms with Gasteiger partial charge in [0, 0.05) is 20.2 Å². The van der Waals surface area contributed by atoms with Crippen molar-refractivity contribution < 1.29 is 9.47 Å². The average molecular weight is 266 g/mol. The zero-order valence-corrected chi connectivity index (χ0v) is 10.9. The molecule has 6 nitrogen and oxygen atoms in total. The Bertz CT molecular complexity index is 530. The number of morpholine rings is 1. The first-order chi connectivity index (χ1) is 8.88. The molecule has 0 bridgehead atoms. The second-order valence-electron chi connectivity index (χ2n) is 4.10. The smallest absolute Gasteiger partial charge is 0.159 e. The van der Waals surface area contributed by atoms with Crippen LogP contribution in [-0.4, -0.2) is 54.5 Å². The van der Waals surface area contributed by atoms with Crippen LogP contribution in [0, 0.1) is 0 Å². The minimum absolute atomic E-state index is 0.0902. The first-order valence-electron chi connectivity index (χ1n) is 5.78. The van der Waals surface area contributed by atoms with Gasteiger partial charge in [-0.3, -0.25) is 0 Å². The Morgan fingerprint density at radius 1 is 1.50 bits per heavy atom. The highest BCUT2D eigenvalue weighted by molar-refractivity contribution is 7.16. The third kappa shape index (κ3) is 2.16. The Labute approximate surface area is 109 Å². The van der Waals surface area contributed by atoms with Gasteiger partial charge in [-0.2, -0.15) is 0 Å². The van der Waals surface area contributed by atoms with E-state index in [9.17, 15) is 0 Å². The van der Waals surface area contributed by atoms with Gasteiger partial charge in [-0.15, -0.1) is 11.3 Å². The van der Waals surface area contributed by atoms with E-state index in [2.05, 4.69) is 19.9 Å². The molecule has 0 N–H and O–H groups in total. The first-order valence-corrected chi connectivity index (χ1v) is 6.66. The Balaban J connectivity index is 1.87. The predicted octanol–water partition coefficient (Wildman–Crippen LogP) is 0.938. The van der Waals surface area contributed by atoms with E-state index >= 15 is 0 Å². The first kappa shape index (κ1) is 11.8. The molecule has 7 heteroatoms. The van der Waals surface area contributed by atoms with Crippen molar-refractivity contribution >= 4 is 27.5 Å². The van der Waals surface area contributed by atoms with Gasteiger partial charge in [-0.05, 0) is 0 Å². The molecule has 0 radical (unpaired) electrons. The van der Waals surface area contributed by atoms with Crippen LogP contribution in [0.2, 0.25) is 0 Å². The maximum absolute atomic E-state index is 5.64. The predicted molar refractivity (Wildman–Crippen MR) is 69.0 cm³/mol. The van der Waals surface area contributed by atoms with Gasteiger partial charge in [0.15, 0.2) is 5.82 Å². The molecule has 1 aliphatic rings. The summed E-state index contributed by atoms with van der Waals surface area (Å²) in [5.74, 6) is 0.894. The lowest BCUT2D eigenvalue weighted by molar-refractivity contribution is -0.0101. The third-order valence-corrected chi connectivity index (χ3v) is 3.64. The van der Waals surface area contributed by atoms with Gasteiger partial charge in [0.1, 0.15) is 16.7 Å². The van der Waals surface area contributed by atoms with Crippen molar-refractivity contribution in [3.05, 3.63) is 11.8 Å². The Kier molecular flexibility index (Phi) is 3.35. The van der Waals surface area contributed by atoms with Gasteiger partial charge in [0.2, 0.25) is 0 Å². The number of aromatic nitrogens is 3. The summed E-state index contributed by atoms with van der Waals surface area (Å²) in [6, 6.07) is 0. The van der Waals surface area contributed by atoms with Crippen molar-refractivity contribution in [1.82, 2.24) is 15.0 Å². The minimum Gasteiger partial charge on any atom is -0.382 e. The van der Waals surface area contributed by atoms with Crippen LogP contribution in [0.4, 0.5) is 5.82 Å². The number of methoxy groups -OCH3 is 1. The topological polar surface area (TPSA) is 60.4 Å². The fraction of sp³-hybridized carbons (Fsp3) is 0.545. The molecule has 18 heavy (non-hydrogen) atoms. The molecule has 0 aromatic carbocycles. The highest BCUT2D eigenvalue weighted by Gasteiger charge is 2.23. The van der Waals surface area contributed by atoms with Gasteiger partial charge >= 0.3 is 0 Å². The standard InChI is InChI=1S/C11H14N4O2S/c1-16-5-8-4-15(2-3-17-8)10-9-11(13-6-12-10)18-7-14-9/h6-8H,2-5H2,1H3/t8-/m1/s1. The number of fused-ring (bicyclic) bond motifs is 1. The van der Waals surface area contributed by atoms with Crippen LogP contribution in [0.5, 0.6) is 0 Å². The molecule has 0 spiro atoms. The van der Waals surface area contributed by atoms with Gasteiger partial charge in [-0.25, -0.2) is 15.0 Å². The van der Waals surface area contributed by atoms with E-state index in [1.54, 1.807) is 18.9 Å². The Hall–Kier alpha value is -1.31. The summed E-state index contributed by atoms with van der Waals surface area (Å²) >= 11 is 1.53. The molecule has 1 aliphatic heterocycles. The highest BCUT2D eigenvalue weighted by atomic mass is 32.1. The minimum atomic E-state index is 0.0902. The highest BCUT2D eigenvalue weighted by Crippen LogP contribution is 2.25. The fourth-order valence-corrected chi connectivity index (χ4v) is 2.73. The number of anilines is 1. The van der Waals surface area contributed by atoms with E-state index in [0.29, 0.717) is 13.2 Å². The van der Waals surface area contributed by atoms with Crippen molar-refractivity contribution in [1.29, 1.82) is 0 Å². The van der Waals surface area contributed by atoms with E-state index in [1.165, 1.54) is 11.3 Å². The van der Waals surface area contributed by atoms with Gasteiger partial charge in [0.05, 0.1) is 24.8 Å². The van der Waals surface area contributed by atoms with Crippen molar-refractivity contribution in [3.63, 3.8) is 0 Å². The Morgan fingerprint density at radius 2 is 2.44 bits per heavy atom. The van der Waals surface area contributed by atoms with Crippen LogP contribution in [0.15, 0.2) is 11.8 Å². The van der Waals surface area contributed by atoms with E-state index in [-0.39, 0.29) is 6.10 Å². The van der Waals surface area contributed by atoms with Crippen LogP contribution in [0.1, 0.15) is 0 Å². The quantitative estimate of drug-likeness (QED) is 0.824. The summed E-state index contributed by atoms with van der Waals surface area (Å²) in [5, 5.41) is 0. The molecule has 2 aromatic heterocycles. The van der Waals surface area contributed by atoms with E-state index < -0.39 is 0 Å². The maximum Gasteiger partial charge on any atom is 0.159 e. The van der Waals surface area contributed by atoms with E-state index in [0.717, 1.165) is 29.3 Å². The van der Waals surface area contributed by atoms with Crippen LogP contribution < -0.4 is 4.90 Å². The molecule has 1 fully saturated rings. The zero-order valence-electron chi connectivity index (χ0n) is 10.1. The monoisotopic (exact) mass is 266 g/mol. The lowest BCUT2D eigenvalue weighted by Gasteiger charge is -2.33. The summed E-state index contributed by atoms with van der Waals surface area (Å²) in [6.45, 7) is 2.88. The van der Waals surface area contributed by atoms with Crippen LogP contribution in [0.25, 0.3) is 10.3 Å². The average Bonchev–Trinajstić information content (AvgIpc) is 2.87. The number of ether oxygens (including phenoxy) is 2. The lowest BCUT2D eigenvalue weighted by Crippen LogP contribution is -2.44. The van der Waals surface area contributed by atoms with E-state index in [4.69, 9.17) is 9.47 Å². The summed E-state index contributed by atoms with van der Waals surface area (Å²) in [7, 11) is 1.69. The molecular weight excluding hydrogens is 252 g/mol. The molecule has 3 rings (SSSR count). The summed E-state index contributed by atoms with van der Waals surface area (Å²) in [6.07, 6.45) is 1.68. The van der Waals surface area contributed by atoms with Crippen LogP contribution in [-0.2, 0) is 9.47 Å². The molecule has 2 aromatic rings. The molecule has 0 amide bonds. The van der Waals surface area contributed by atoms with Crippen molar-refractivity contribution in [3.8, 4) is 0 Å². The van der Waals surface area contributed by atoms with Crippen LogP contribution in [0.3, 0.4) is 0 Å². The lowest BCUT2D eigenvalue weighted by atomic mass is 10.3. The van der Waals surface area contributed by atoms with Gasteiger partial charge in [0.25, 0.3) is 0 Å². The number of hydrogen-bond acceptors (Lipinski definition) is 7. The largest absolute Gasteiger partial charge is 0.382 e. The molecule has 0 aliphatic carbocycles. The van der Waals surface area contributed by atoms with Gasteiger partial charge < -0.3 is 14.4 Å². The molecule has 0 unspecified atom stereocenters. The number of nitrogens with zero attached hydrogens (tertiary/aromatic N) is 4. The number of thiazole rings is 1. The molecule has 96 valence electrons. The second-order valence-corrected chi connectivity index (χ2v) is 4.93. The number of hydrogen-bond donors (Lipinski definition) is 0. The Morgan fingerprint density at radius 3 is 3.33 bits per heavy atom. The SMILES string of the molecule is COC[C@H]1CN(c2ncnc3scnc23)CCO1. The molecule has 1 saturated heterocycles. The third-order valence-electron chi connectivity index (χ3n) is 2.91. The number of rotatable bonds is 3. The molecule has 3 heterocycles. The van der Waals surface area contributed by atoms with Crippen LogP contribution >= 0.6 is 11.3 Å². The summed E-state index contributed by atoms with van der Waals surface area (Å²) < 4.78 is 10.8. The molecule has 1 atom stereocenters. The fourth-order valence-electron chi connectivity index (χ4n) is 2.11. The second kappa shape index (κ2) is 5.13. The normalized spacial score (nSPS) is 20.5. The molecular formula is C11H14N4O2S. The zero-order chi connectivity index (χ0) is 12.4. The molecule has 0 saturated carbocycles. The van der Waals surface area contributed by atoms with Crippen molar-refractivity contribution in [2.45, 2.75) is 6.10 Å².